The lowest BCUT2D eigenvalue weighted by atomic mass is 9.87. The third-order valence-electron chi connectivity index (χ3n) is 5.82. The van der Waals surface area contributed by atoms with Crippen molar-refractivity contribution in [3.8, 4) is 0 Å². The van der Waals surface area contributed by atoms with Gasteiger partial charge >= 0.3 is 0 Å². The summed E-state index contributed by atoms with van der Waals surface area (Å²) in [5, 5.41) is 5.62. The van der Waals surface area contributed by atoms with E-state index in [4.69, 9.17) is 0 Å². The number of hydrogen-bond acceptors (Lipinski definition) is 1. The number of hydrogen-bond donors (Lipinski definition) is 1. The molecule has 2 heteroatoms. The van der Waals surface area contributed by atoms with Crippen LogP contribution in [0.5, 0.6) is 0 Å². The van der Waals surface area contributed by atoms with Gasteiger partial charge in [-0.25, -0.2) is 0 Å². The minimum Gasteiger partial charge on any atom is -0.353 e. The molecule has 2 aromatic carbocycles. The molecule has 0 spiro atoms. The number of amides is 1. The van der Waals surface area contributed by atoms with Crippen molar-refractivity contribution in [2.24, 2.45) is 11.8 Å². The van der Waals surface area contributed by atoms with Gasteiger partial charge in [-0.3, -0.25) is 4.79 Å². The molecule has 1 amide bonds. The molecule has 1 N–H and O–H groups in total. The zero-order valence-corrected chi connectivity index (χ0v) is 18.1. The molecule has 2 unspecified atom stereocenters. The summed E-state index contributed by atoms with van der Waals surface area (Å²) in [5.74, 6) is 1.24. The number of fused-ring (bicyclic) bond motifs is 1. The van der Waals surface area contributed by atoms with E-state index in [0.717, 1.165) is 24.8 Å². The Morgan fingerprint density at radius 2 is 1.79 bits per heavy atom. The van der Waals surface area contributed by atoms with Gasteiger partial charge in [0, 0.05) is 6.04 Å². The number of benzene rings is 2. The molecule has 28 heavy (non-hydrogen) atoms. The van der Waals surface area contributed by atoms with Crippen molar-refractivity contribution in [3.63, 3.8) is 0 Å². The molecule has 0 aromatic heterocycles. The average Bonchev–Trinajstić information content (AvgIpc) is 2.67. The summed E-state index contributed by atoms with van der Waals surface area (Å²) in [4.78, 5) is 12.7. The summed E-state index contributed by atoms with van der Waals surface area (Å²) >= 11 is 0. The average molecular weight is 380 g/mol. The van der Waals surface area contributed by atoms with E-state index < -0.39 is 0 Å². The first kappa shape index (κ1) is 22.2. The van der Waals surface area contributed by atoms with Gasteiger partial charge in [0.25, 0.3) is 0 Å². The second-order valence-electron chi connectivity index (χ2n) is 8.38. The highest BCUT2D eigenvalue weighted by atomic mass is 16.1. The normalized spacial score (nSPS) is 14.4. The molecule has 152 valence electrons. The number of nitrogens with one attached hydrogen (secondary N) is 1. The summed E-state index contributed by atoms with van der Waals surface area (Å²) in [6, 6.07) is 14.7. The Morgan fingerprint density at radius 3 is 2.50 bits per heavy atom. The maximum atomic E-state index is 12.7. The smallest absolute Gasteiger partial charge is 0.224 e. The van der Waals surface area contributed by atoms with Gasteiger partial charge in [0.05, 0.1) is 6.42 Å². The molecule has 2 aromatic rings. The van der Waals surface area contributed by atoms with E-state index in [0.29, 0.717) is 18.3 Å². The van der Waals surface area contributed by atoms with Gasteiger partial charge in [-0.2, -0.15) is 0 Å². The first-order valence-electron chi connectivity index (χ1n) is 10.9. The van der Waals surface area contributed by atoms with Crippen LogP contribution in [-0.4, -0.2) is 11.9 Å². The van der Waals surface area contributed by atoms with Crippen molar-refractivity contribution in [1.82, 2.24) is 5.32 Å². The van der Waals surface area contributed by atoms with Gasteiger partial charge in [-0.05, 0) is 47.4 Å². The van der Waals surface area contributed by atoms with Crippen LogP contribution in [0.3, 0.4) is 0 Å². The topological polar surface area (TPSA) is 29.1 Å². The van der Waals surface area contributed by atoms with Crippen molar-refractivity contribution >= 4 is 16.7 Å². The second kappa shape index (κ2) is 11.0. The van der Waals surface area contributed by atoms with Gasteiger partial charge in [0.15, 0.2) is 0 Å². The van der Waals surface area contributed by atoms with Crippen LogP contribution in [-0.2, 0) is 11.2 Å². The minimum absolute atomic E-state index is 0.111. The number of allylic oxidation sites excluding steroid dienone is 1. The largest absolute Gasteiger partial charge is 0.353 e. The fraction of sp³-hybridized carbons (Fsp3) is 0.500. The van der Waals surface area contributed by atoms with Crippen LogP contribution in [0.15, 0.2) is 54.6 Å². The maximum absolute atomic E-state index is 12.7. The summed E-state index contributed by atoms with van der Waals surface area (Å²) < 4.78 is 0. The molecule has 2 nitrogen and oxygen atoms in total. The Kier molecular flexibility index (Phi) is 8.76. The lowest BCUT2D eigenvalue weighted by molar-refractivity contribution is -0.121. The van der Waals surface area contributed by atoms with Gasteiger partial charge in [-0.15, -0.1) is 0 Å². The molecule has 0 bridgehead atoms. The van der Waals surface area contributed by atoms with E-state index in [2.05, 4.69) is 63.9 Å². The Balaban J connectivity index is 1.92. The zero-order chi connectivity index (χ0) is 20.5. The third-order valence-corrected chi connectivity index (χ3v) is 5.82. The highest BCUT2D eigenvalue weighted by molar-refractivity contribution is 5.90. The molecule has 3 atom stereocenters. The number of carbonyl (C=O) groups is 1. The van der Waals surface area contributed by atoms with Gasteiger partial charge in [-0.1, -0.05) is 95.2 Å². The van der Waals surface area contributed by atoms with Crippen LogP contribution in [0, 0.1) is 11.8 Å². The number of carbonyl (C=O) groups excluding carboxylic acids is 1. The zero-order valence-electron chi connectivity index (χ0n) is 18.1. The Morgan fingerprint density at radius 1 is 1.07 bits per heavy atom. The molecule has 0 fully saturated rings. The quantitative estimate of drug-likeness (QED) is 0.433. The lowest BCUT2D eigenvalue weighted by Crippen LogP contribution is -2.36. The van der Waals surface area contributed by atoms with Crippen molar-refractivity contribution in [1.29, 1.82) is 0 Å². The van der Waals surface area contributed by atoms with Crippen molar-refractivity contribution in [2.45, 2.75) is 72.3 Å². The third kappa shape index (κ3) is 6.51. The monoisotopic (exact) mass is 379 g/mol. The molecular formula is C26H37NO. The molecule has 0 radical (unpaired) electrons. The molecule has 0 aliphatic rings. The van der Waals surface area contributed by atoms with Crippen molar-refractivity contribution in [2.75, 3.05) is 0 Å². The second-order valence-corrected chi connectivity index (χ2v) is 8.38. The van der Waals surface area contributed by atoms with Crippen LogP contribution >= 0.6 is 0 Å². The Hall–Kier alpha value is -2.09. The standard InChI is InChI=1S/C26H37NO/c1-6-11-19(3)16-20(4)21(5)17-24(7-2)27-26(28)18-23-14-10-13-22-12-8-9-15-25(22)23/h8-10,12-15,19,21,24H,4,6-7,11,16-18H2,1-3,5H3,(H,27,28)/t19?,21?,24-/m0/s1. The van der Waals surface area contributed by atoms with Crippen LogP contribution in [0.25, 0.3) is 10.8 Å². The van der Waals surface area contributed by atoms with E-state index in [-0.39, 0.29) is 11.9 Å². The predicted molar refractivity (Wildman–Crippen MR) is 121 cm³/mol. The van der Waals surface area contributed by atoms with E-state index in [1.54, 1.807) is 0 Å². The van der Waals surface area contributed by atoms with Crippen LogP contribution < -0.4 is 5.32 Å². The Labute approximate surface area is 171 Å². The molecule has 2 rings (SSSR count). The fourth-order valence-corrected chi connectivity index (χ4v) is 4.06. The minimum atomic E-state index is 0.111. The van der Waals surface area contributed by atoms with Gasteiger partial charge in [0.2, 0.25) is 5.91 Å². The molecular weight excluding hydrogens is 342 g/mol. The lowest BCUT2D eigenvalue weighted by Gasteiger charge is -2.24. The number of rotatable bonds is 11. The van der Waals surface area contributed by atoms with E-state index in [1.165, 1.54) is 29.2 Å². The summed E-state index contributed by atoms with van der Waals surface area (Å²) in [6.07, 6.45) is 5.92. The van der Waals surface area contributed by atoms with Crippen LogP contribution in [0.2, 0.25) is 0 Å². The molecule has 0 aliphatic carbocycles. The van der Waals surface area contributed by atoms with Crippen LogP contribution in [0.1, 0.15) is 65.4 Å². The van der Waals surface area contributed by atoms with Crippen molar-refractivity contribution in [3.05, 3.63) is 60.2 Å². The first-order valence-corrected chi connectivity index (χ1v) is 10.9. The van der Waals surface area contributed by atoms with E-state index in [9.17, 15) is 4.79 Å². The van der Waals surface area contributed by atoms with Gasteiger partial charge in [0.1, 0.15) is 0 Å². The van der Waals surface area contributed by atoms with E-state index in [1.807, 2.05) is 18.2 Å². The maximum Gasteiger partial charge on any atom is 0.224 e. The first-order chi connectivity index (χ1) is 13.4. The fourth-order valence-electron chi connectivity index (χ4n) is 4.06. The van der Waals surface area contributed by atoms with Gasteiger partial charge < -0.3 is 5.32 Å². The predicted octanol–water partition coefficient (Wildman–Crippen LogP) is 6.69. The SMILES string of the molecule is C=C(CC(C)CCC)C(C)C[C@H](CC)NC(=O)Cc1cccc2ccccc12. The highest BCUT2D eigenvalue weighted by Crippen LogP contribution is 2.25. The summed E-state index contributed by atoms with van der Waals surface area (Å²) in [6.45, 7) is 13.3. The molecule has 0 saturated heterocycles. The molecule has 0 saturated carbocycles. The highest BCUT2D eigenvalue weighted by Gasteiger charge is 2.18. The van der Waals surface area contributed by atoms with E-state index >= 15 is 0 Å². The summed E-state index contributed by atoms with van der Waals surface area (Å²) in [5.41, 5.74) is 2.42. The summed E-state index contributed by atoms with van der Waals surface area (Å²) in [7, 11) is 0. The molecule has 0 aliphatic heterocycles. The Bertz CT molecular complexity index is 774. The molecule has 0 heterocycles. The van der Waals surface area contributed by atoms with Crippen LogP contribution in [0.4, 0.5) is 0 Å². The van der Waals surface area contributed by atoms with Crippen molar-refractivity contribution < 1.29 is 4.79 Å².